The largest absolute Gasteiger partial charge is 0.496 e. The van der Waals surface area contributed by atoms with Crippen LogP contribution in [0.25, 0.3) is 0 Å². The lowest BCUT2D eigenvalue weighted by molar-refractivity contribution is -0.136. The van der Waals surface area contributed by atoms with Crippen LogP contribution in [-0.2, 0) is 4.79 Å². The first kappa shape index (κ1) is 19.6. The van der Waals surface area contributed by atoms with Gasteiger partial charge in [-0.15, -0.1) is 12.4 Å². The highest BCUT2D eigenvalue weighted by Crippen LogP contribution is 2.49. The number of nitrogens with one attached hydrogen (secondary N) is 1. The van der Waals surface area contributed by atoms with Crippen LogP contribution >= 0.6 is 12.4 Å². The molecule has 1 heterocycles. The fraction of sp³-hybridized carbons (Fsp3) is 0.381. The van der Waals surface area contributed by atoms with E-state index in [0.717, 1.165) is 36.4 Å². The van der Waals surface area contributed by atoms with Crippen molar-refractivity contribution in [3.8, 4) is 5.75 Å². The Kier molecular flexibility index (Phi) is 6.02. The van der Waals surface area contributed by atoms with Crippen LogP contribution in [0.5, 0.6) is 5.75 Å². The summed E-state index contributed by atoms with van der Waals surface area (Å²) in [6, 6.07) is 14.4. The molecule has 6 heteroatoms. The monoisotopic (exact) mass is 390 g/mol. The third-order valence-corrected chi connectivity index (χ3v) is 5.43. The van der Waals surface area contributed by atoms with Gasteiger partial charge in [-0.2, -0.15) is 0 Å². The van der Waals surface area contributed by atoms with Crippen molar-refractivity contribution in [1.82, 2.24) is 10.2 Å². The molecule has 1 aliphatic carbocycles. The molecule has 1 saturated heterocycles. The Labute approximate surface area is 165 Å². The van der Waals surface area contributed by atoms with Gasteiger partial charge >= 0.3 is 0 Å². The number of ether oxygens (including phenoxy) is 1. The Morgan fingerprint density at radius 2 is 1.93 bits per heavy atom. The number of amides is 1. The van der Waals surface area contributed by atoms with Crippen molar-refractivity contribution >= 4 is 18.3 Å². The number of para-hydroxylation sites is 1. The van der Waals surface area contributed by atoms with Gasteiger partial charge in [-0.1, -0.05) is 30.3 Å². The molecule has 1 amide bonds. The van der Waals surface area contributed by atoms with Crippen LogP contribution in [-0.4, -0.2) is 37.6 Å². The molecule has 2 aromatic carbocycles. The van der Waals surface area contributed by atoms with Gasteiger partial charge in [-0.25, -0.2) is 4.39 Å². The lowest BCUT2D eigenvalue weighted by atomic mass is 10.0. The molecule has 1 aliphatic heterocycles. The fourth-order valence-corrected chi connectivity index (χ4v) is 3.95. The van der Waals surface area contributed by atoms with E-state index in [0.29, 0.717) is 6.54 Å². The summed E-state index contributed by atoms with van der Waals surface area (Å²) in [5.74, 6) is 0.962. The Morgan fingerprint density at radius 1 is 1.19 bits per heavy atom. The van der Waals surface area contributed by atoms with E-state index >= 15 is 0 Å². The highest BCUT2D eigenvalue weighted by atomic mass is 35.5. The second-order valence-electron chi connectivity index (χ2n) is 6.99. The molecule has 2 aliphatic rings. The molecule has 2 fully saturated rings. The second-order valence-corrected chi connectivity index (χ2v) is 6.99. The molecule has 0 bridgehead atoms. The fourth-order valence-electron chi connectivity index (χ4n) is 3.95. The molecule has 1 saturated carbocycles. The van der Waals surface area contributed by atoms with Gasteiger partial charge in [0.1, 0.15) is 11.6 Å². The van der Waals surface area contributed by atoms with Crippen molar-refractivity contribution in [2.24, 2.45) is 5.92 Å². The normalized spacial score (nSPS) is 24.1. The maximum absolute atomic E-state index is 13.2. The molecular formula is C21H24ClFN2O2. The molecule has 0 aromatic heterocycles. The number of halogens is 2. The van der Waals surface area contributed by atoms with E-state index in [1.807, 2.05) is 29.2 Å². The van der Waals surface area contributed by atoms with E-state index in [1.165, 1.54) is 12.1 Å². The third-order valence-electron chi connectivity index (χ3n) is 5.43. The first-order valence-corrected chi connectivity index (χ1v) is 9.08. The van der Waals surface area contributed by atoms with E-state index in [2.05, 4.69) is 5.32 Å². The van der Waals surface area contributed by atoms with Crippen LogP contribution in [0.3, 0.4) is 0 Å². The number of hydrogen-bond acceptors (Lipinski definition) is 3. The van der Waals surface area contributed by atoms with Gasteiger partial charge < -0.3 is 15.0 Å². The quantitative estimate of drug-likeness (QED) is 0.868. The van der Waals surface area contributed by atoms with Gasteiger partial charge in [0.05, 0.1) is 13.2 Å². The summed E-state index contributed by atoms with van der Waals surface area (Å²) in [7, 11) is 1.66. The maximum atomic E-state index is 13.2. The average molecular weight is 391 g/mol. The number of rotatable bonds is 4. The zero-order chi connectivity index (χ0) is 18.1. The molecule has 27 heavy (non-hydrogen) atoms. The van der Waals surface area contributed by atoms with Crippen LogP contribution < -0.4 is 10.1 Å². The SMILES string of the molecule is COc1ccccc1C1CNCCN1C(=O)C1CC1c1ccc(F)cc1.Cl. The lowest BCUT2D eigenvalue weighted by Crippen LogP contribution is -2.49. The molecule has 4 rings (SSSR count). The molecule has 0 spiro atoms. The Bertz CT molecular complexity index is 799. The molecule has 3 unspecified atom stereocenters. The third kappa shape index (κ3) is 3.94. The maximum Gasteiger partial charge on any atom is 0.226 e. The summed E-state index contributed by atoms with van der Waals surface area (Å²) in [4.78, 5) is 15.2. The molecule has 3 atom stereocenters. The van der Waals surface area contributed by atoms with Crippen LogP contribution in [0.2, 0.25) is 0 Å². The number of hydrogen-bond donors (Lipinski definition) is 1. The average Bonchev–Trinajstić information content (AvgIpc) is 3.49. The molecule has 4 nitrogen and oxygen atoms in total. The summed E-state index contributed by atoms with van der Waals surface area (Å²) in [5, 5.41) is 3.39. The number of piperazine rings is 1. The van der Waals surface area contributed by atoms with Crippen LogP contribution in [0, 0.1) is 11.7 Å². The van der Waals surface area contributed by atoms with E-state index in [4.69, 9.17) is 4.74 Å². The van der Waals surface area contributed by atoms with Gasteiger partial charge in [0.2, 0.25) is 5.91 Å². The van der Waals surface area contributed by atoms with Crippen molar-refractivity contribution < 1.29 is 13.9 Å². The lowest BCUT2D eigenvalue weighted by Gasteiger charge is -2.37. The van der Waals surface area contributed by atoms with E-state index in [9.17, 15) is 9.18 Å². The number of carbonyl (C=O) groups excluding carboxylic acids is 1. The molecule has 144 valence electrons. The number of nitrogens with zero attached hydrogens (tertiary/aromatic N) is 1. The summed E-state index contributed by atoms with van der Waals surface area (Å²) < 4.78 is 18.6. The smallest absolute Gasteiger partial charge is 0.226 e. The van der Waals surface area contributed by atoms with Crippen molar-refractivity contribution in [2.45, 2.75) is 18.4 Å². The van der Waals surface area contributed by atoms with E-state index < -0.39 is 0 Å². The van der Waals surface area contributed by atoms with Crippen LogP contribution in [0.15, 0.2) is 48.5 Å². The van der Waals surface area contributed by atoms with Crippen molar-refractivity contribution in [1.29, 1.82) is 0 Å². The Hall–Kier alpha value is -2.11. The summed E-state index contributed by atoms with van der Waals surface area (Å²) in [5.41, 5.74) is 2.09. The number of carbonyl (C=O) groups is 1. The van der Waals surface area contributed by atoms with E-state index in [-0.39, 0.29) is 42.0 Å². The minimum Gasteiger partial charge on any atom is -0.496 e. The zero-order valence-corrected chi connectivity index (χ0v) is 16.0. The van der Waals surface area contributed by atoms with Gasteiger partial charge in [0, 0.05) is 31.1 Å². The summed E-state index contributed by atoms with van der Waals surface area (Å²) in [6.07, 6.45) is 0.840. The molecule has 0 radical (unpaired) electrons. The minimum atomic E-state index is -0.240. The topological polar surface area (TPSA) is 41.6 Å². The highest BCUT2D eigenvalue weighted by molar-refractivity contribution is 5.85. The van der Waals surface area contributed by atoms with E-state index in [1.54, 1.807) is 19.2 Å². The van der Waals surface area contributed by atoms with Crippen LogP contribution in [0.4, 0.5) is 4.39 Å². The standard InChI is InChI=1S/C21H23FN2O2.ClH/c1-26-20-5-3-2-4-16(20)19-13-23-10-11-24(19)21(25)18-12-17(18)14-6-8-15(22)9-7-14;/h2-9,17-19,23H,10-13H2,1H3;1H. The van der Waals surface area contributed by atoms with Gasteiger partial charge in [-0.3, -0.25) is 4.79 Å². The predicted octanol–water partition coefficient (Wildman–Crippen LogP) is 3.53. The Balaban J connectivity index is 0.00000210. The number of benzene rings is 2. The van der Waals surface area contributed by atoms with Crippen molar-refractivity contribution in [3.05, 3.63) is 65.5 Å². The first-order valence-electron chi connectivity index (χ1n) is 9.08. The van der Waals surface area contributed by atoms with Crippen molar-refractivity contribution in [2.75, 3.05) is 26.7 Å². The summed E-state index contributed by atoms with van der Waals surface area (Å²) >= 11 is 0. The highest BCUT2D eigenvalue weighted by Gasteiger charge is 2.47. The van der Waals surface area contributed by atoms with Crippen LogP contribution in [0.1, 0.15) is 29.5 Å². The number of methoxy groups -OCH3 is 1. The Morgan fingerprint density at radius 3 is 2.67 bits per heavy atom. The summed E-state index contributed by atoms with van der Waals surface area (Å²) in [6.45, 7) is 2.21. The van der Waals surface area contributed by atoms with Gasteiger partial charge in [0.15, 0.2) is 0 Å². The van der Waals surface area contributed by atoms with Gasteiger partial charge in [0.25, 0.3) is 0 Å². The molecule has 1 N–H and O–H groups in total. The van der Waals surface area contributed by atoms with Crippen molar-refractivity contribution in [3.63, 3.8) is 0 Å². The second kappa shape index (κ2) is 8.28. The zero-order valence-electron chi connectivity index (χ0n) is 15.2. The minimum absolute atomic E-state index is 0. The molecule has 2 aromatic rings. The molecular weight excluding hydrogens is 367 g/mol. The predicted molar refractivity (Wildman–Crippen MR) is 105 cm³/mol. The first-order chi connectivity index (χ1) is 12.7. The van der Waals surface area contributed by atoms with Gasteiger partial charge in [-0.05, 0) is 36.1 Å².